The van der Waals surface area contributed by atoms with Crippen molar-refractivity contribution in [2.75, 3.05) is 0 Å². The Morgan fingerprint density at radius 3 is 2.41 bits per heavy atom. The van der Waals surface area contributed by atoms with E-state index in [1.54, 1.807) is 0 Å². The van der Waals surface area contributed by atoms with Crippen molar-refractivity contribution in [2.24, 2.45) is 0 Å². The molecule has 1 aliphatic heterocycles. The number of fused-ring (bicyclic) bond motifs is 4. The monoisotopic (exact) mass is 429 g/mol. The molecular formula is C30H23NS. The fourth-order valence-corrected chi connectivity index (χ4v) is 5.52. The molecule has 0 fully saturated rings. The van der Waals surface area contributed by atoms with Crippen molar-refractivity contribution in [1.82, 2.24) is 4.57 Å². The van der Waals surface area contributed by atoms with Crippen LogP contribution in [0.15, 0.2) is 120 Å². The summed E-state index contributed by atoms with van der Waals surface area (Å²) in [6, 6.07) is 35.0. The van der Waals surface area contributed by atoms with E-state index in [0.717, 1.165) is 12.8 Å². The topological polar surface area (TPSA) is 4.93 Å². The number of thioether (sulfide) groups is 1. The van der Waals surface area contributed by atoms with Gasteiger partial charge in [0.05, 0.1) is 11.0 Å². The van der Waals surface area contributed by atoms with Gasteiger partial charge in [-0.15, -0.1) is 0 Å². The first-order chi connectivity index (χ1) is 15.9. The zero-order chi connectivity index (χ0) is 21.3. The summed E-state index contributed by atoms with van der Waals surface area (Å²) < 4.78 is 2.39. The molecule has 32 heavy (non-hydrogen) atoms. The van der Waals surface area contributed by atoms with E-state index < -0.39 is 0 Å². The predicted molar refractivity (Wildman–Crippen MR) is 139 cm³/mol. The molecule has 2 heterocycles. The largest absolute Gasteiger partial charge is 0.309 e. The number of hydrogen-bond acceptors (Lipinski definition) is 1. The first kappa shape index (κ1) is 19.2. The minimum absolute atomic E-state index is 1.04. The van der Waals surface area contributed by atoms with Crippen LogP contribution in [0, 0.1) is 0 Å². The number of aromatic nitrogens is 1. The smallest absolute Gasteiger partial charge is 0.0547 e. The highest BCUT2D eigenvalue weighted by molar-refractivity contribution is 8.02. The van der Waals surface area contributed by atoms with Gasteiger partial charge in [-0.3, -0.25) is 0 Å². The fraction of sp³-hybridized carbons (Fsp3) is 0.0667. The molecule has 0 bridgehead atoms. The van der Waals surface area contributed by atoms with Gasteiger partial charge in [0.2, 0.25) is 0 Å². The molecule has 0 spiro atoms. The first-order valence-electron chi connectivity index (χ1n) is 11.1. The molecule has 1 nitrogen and oxygen atoms in total. The van der Waals surface area contributed by atoms with E-state index in [-0.39, 0.29) is 0 Å². The van der Waals surface area contributed by atoms with Crippen LogP contribution in [0.2, 0.25) is 0 Å². The number of benzene rings is 4. The Labute approximate surface area is 192 Å². The molecule has 154 valence electrons. The highest BCUT2D eigenvalue weighted by Crippen LogP contribution is 2.35. The Kier molecular flexibility index (Phi) is 4.93. The van der Waals surface area contributed by atoms with Crippen LogP contribution in [0.5, 0.6) is 0 Å². The van der Waals surface area contributed by atoms with E-state index in [0.29, 0.717) is 0 Å². The predicted octanol–water partition coefficient (Wildman–Crippen LogP) is 8.42. The molecule has 0 amide bonds. The molecule has 0 aliphatic carbocycles. The molecule has 0 unspecified atom stereocenters. The molecule has 1 aromatic heterocycles. The summed E-state index contributed by atoms with van der Waals surface area (Å²) in [5.74, 6) is 0. The van der Waals surface area contributed by atoms with Crippen LogP contribution in [0.3, 0.4) is 0 Å². The molecule has 0 N–H and O–H groups in total. The van der Waals surface area contributed by atoms with Crippen LogP contribution in [0.1, 0.15) is 17.5 Å². The molecular weight excluding hydrogens is 406 g/mol. The lowest BCUT2D eigenvalue weighted by Crippen LogP contribution is -1.93. The summed E-state index contributed by atoms with van der Waals surface area (Å²) in [5, 5.41) is 4.82. The summed E-state index contributed by atoms with van der Waals surface area (Å²) in [7, 11) is 0. The summed E-state index contributed by atoms with van der Waals surface area (Å²) in [4.78, 5) is 1.36. The van der Waals surface area contributed by atoms with Crippen molar-refractivity contribution in [2.45, 2.75) is 17.7 Å². The number of para-hydroxylation sites is 2. The van der Waals surface area contributed by atoms with Gasteiger partial charge in [0.25, 0.3) is 0 Å². The summed E-state index contributed by atoms with van der Waals surface area (Å²) in [6.07, 6.45) is 6.76. The summed E-state index contributed by atoms with van der Waals surface area (Å²) in [5.41, 5.74) is 7.67. The maximum absolute atomic E-state index is 2.39. The van der Waals surface area contributed by atoms with Gasteiger partial charge in [0.15, 0.2) is 0 Å². The third-order valence-corrected chi connectivity index (χ3v) is 7.14. The van der Waals surface area contributed by atoms with Crippen LogP contribution >= 0.6 is 11.8 Å². The molecule has 6 rings (SSSR count). The van der Waals surface area contributed by atoms with E-state index in [9.17, 15) is 0 Å². The van der Waals surface area contributed by atoms with Gasteiger partial charge in [-0.25, -0.2) is 0 Å². The molecule has 0 saturated carbocycles. The second-order valence-corrected chi connectivity index (χ2v) is 9.09. The lowest BCUT2D eigenvalue weighted by atomic mass is 10.0. The number of aryl methyl sites for hydroxylation is 1. The number of nitrogens with zero attached hydrogens (tertiary/aromatic N) is 1. The molecule has 0 radical (unpaired) electrons. The van der Waals surface area contributed by atoms with Gasteiger partial charge in [-0.05, 0) is 71.4 Å². The van der Waals surface area contributed by atoms with Gasteiger partial charge < -0.3 is 4.57 Å². The summed E-state index contributed by atoms with van der Waals surface area (Å²) >= 11 is 1.82. The van der Waals surface area contributed by atoms with Crippen molar-refractivity contribution >= 4 is 39.1 Å². The SMILES string of the molecule is C1=C/C(c2ccc3c4ccccc4n(-c4ccccc4)c3c2)=C\CCc2ccccc2S/1. The number of rotatable bonds is 2. The van der Waals surface area contributed by atoms with Crippen LogP contribution in [-0.4, -0.2) is 4.57 Å². The average molecular weight is 430 g/mol. The van der Waals surface area contributed by atoms with E-state index in [2.05, 4.69) is 119 Å². The quantitative estimate of drug-likeness (QED) is 0.273. The summed E-state index contributed by atoms with van der Waals surface area (Å²) in [6.45, 7) is 0. The average Bonchev–Trinajstić information content (AvgIpc) is 3.22. The van der Waals surface area contributed by atoms with Gasteiger partial charge >= 0.3 is 0 Å². The van der Waals surface area contributed by atoms with Gasteiger partial charge in [0, 0.05) is 21.4 Å². The van der Waals surface area contributed by atoms with E-state index in [1.807, 2.05) is 11.8 Å². The van der Waals surface area contributed by atoms with Crippen LogP contribution < -0.4 is 0 Å². The Balaban J connectivity index is 1.50. The Hall–Kier alpha value is -3.49. The van der Waals surface area contributed by atoms with Crippen LogP contribution in [0.4, 0.5) is 0 Å². The van der Waals surface area contributed by atoms with Gasteiger partial charge in [0.1, 0.15) is 0 Å². The second kappa shape index (κ2) is 8.22. The van der Waals surface area contributed by atoms with E-state index >= 15 is 0 Å². The molecule has 5 aromatic rings. The minimum Gasteiger partial charge on any atom is -0.309 e. The molecule has 2 heteroatoms. The molecule has 0 atom stereocenters. The van der Waals surface area contributed by atoms with E-state index in [4.69, 9.17) is 0 Å². The van der Waals surface area contributed by atoms with Crippen LogP contribution in [-0.2, 0) is 6.42 Å². The lowest BCUT2D eigenvalue weighted by Gasteiger charge is -2.09. The maximum Gasteiger partial charge on any atom is 0.0547 e. The Bertz CT molecular complexity index is 1490. The fourth-order valence-electron chi connectivity index (χ4n) is 4.68. The highest BCUT2D eigenvalue weighted by Gasteiger charge is 2.13. The zero-order valence-electron chi connectivity index (χ0n) is 17.7. The van der Waals surface area contributed by atoms with Gasteiger partial charge in [-0.1, -0.05) is 84.6 Å². The first-order valence-corrected chi connectivity index (χ1v) is 12.0. The minimum atomic E-state index is 1.04. The highest BCUT2D eigenvalue weighted by atomic mass is 32.2. The number of hydrogen-bond donors (Lipinski definition) is 0. The molecule has 0 saturated heterocycles. The molecule has 4 aromatic carbocycles. The standard InChI is InChI=1S/C30H23NS/c1-2-12-25(13-3-1)31-28-15-6-5-14-26(28)27-18-17-24(21-29(27)31)22-10-8-11-23-9-4-7-16-30(23)32-20-19-22/h1-7,9-10,12-21H,8,11H2/b20-19+,22-10+. The number of allylic oxidation sites excluding steroid dienone is 3. The second-order valence-electron chi connectivity index (χ2n) is 8.15. The van der Waals surface area contributed by atoms with Crippen molar-refractivity contribution in [3.8, 4) is 5.69 Å². The van der Waals surface area contributed by atoms with E-state index in [1.165, 1.54) is 49.1 Å². The third-order valence-electron chi connectivity index (χ3n) is 6.21. The Morgan fingerprint density at radius 2 is 1.47 bits per heavy atom. The normalized spacial score (nSPS) is 16.6. The van der Waals surface area contributed by atoms with Gasteiger partial charge in [-0.2, -0.15) is 0 Å². The van der Waals surface area contributed by atoms with Crippen molar-refractivity contribution in [3.63, 3.8) is 0 Å². The van der Waals surface area contributed by atoms with Crippen molar-refractivity contribution in [1.29, 1.82) is 0 Å². The third kappa shape index (κ3) is 3.37. The van der Waals surface area contributed by atoms with Crippen molar-refractivity contribution < 1.29 is 0 Å². The van der Waals surface area contributed by atoms with Crippen molar-refractivity contribution in [3.05, 3.63) is 126 Å². The molecule has 1 aliphatic rings. The lowest BCUT2D eigenvalue weighted by molar-refractivity contribution is 0.973. The zero-order valence-corrected chi connectivity index (χ0v) is 18.6. The Morgan fingerprint density at radius 1 is 0.688 bits per heavy atom. The maximum atomic E-state index is 2.39. The van der Waals surface area contributed by atoms with Crippen LogP contribution in [0.25, 0.3) is 33.1 Å².